The van der Waals surface area contributed by atoms with E-state index in [0.29, 0.717) is 6.10 Å². The highest BCUT2D eigenvalue weighted by Crippen LogP contribution is 1.96. The molecule has 0 amide bonds. The lowest BCUT2D eigenvalue weighted by Gasteiger charge is -2.07. The predicted octanol–water partition coefficient (Wildman–Crippen LogP) is 0.703. The first kappa shape index (κ1) is 8.20. The maximum Gasteiger partial charge on any atom is 0.0692 e. The Kier molecular flexibility index (Phi) is 3.04. The van der Waals surface area contributed by atoms with Crippen molar-refractivity contribution in [3.05, 3.63) is 12.4 Å². The minimum Gasteiger partial charge on any atom is -0.382 e. The zero-order valence-corrected chi connectivity index (χ0v) is 6.90. The fraction of sp³-hybridized carbons (Fsp3) is 0.714. The summed E-state index contributed by atoms with van der Waals surface area (Å²) in [6, 6.07) is 0. The molecule has 1 rings (SSSR count). The Morgan fingerprint density at radius 1 is 1.64 bits per heavy atom. The van der Waals surface area contributed by atoms with Crippen LogP contribution in [0.5, 0.6) is 0 Å². The van der Waals surface area contributed by atoms with E-state index < -0.39 is 0 Å². The lowest BCUT2D eigenvalue weighted by Crippen LogP contribution is -2.10. The molecule has 11 heavy (non-hydrogen) atoms. The van der Waals surface area contributed by atoms with Gasteiger partial charge in [0.05, 0.1) is 12.3 Å². The molecule has 1 aromatic heterocycles. The van der Waals surface area contributed by atoms with Crippen molar-refractivity contribution < 1.29 is 4.74 Å². The average Bonchev–Trinajstić information content (AvgIpc) is 2.52. The summed E-state index contributed by atoms with van der Waals surface area (Å²) in [6.07, 6.45) is 4.79. The summed E-state index contributed by atoms with van der Waals surface area (Å²) in [5.74, 6) is 0. The summed E-state index contributed by atoms with van der Waals surface area (Å²) in [6.45, 7) is 2.91. The van der Waals surface area contributed by atoms with Gasteiger partial charge in [-0.3, -0.25) is 4.68 Å². The largest absolute Gasteiger partial charge is 0.382 e. The van der Waals surface area contributed by atoms with Gasteiger partial charge in [0.15, 0.2) is 0 Å². The van der Waals surface area contributed by atoms with Gasteiger partial charge in [0.25, 0.3) is 0 Å². The van der Waals surface area contributed by atoms with Crippen LogP contribution < -0.4 is 0 Å². The molecule has 0 saturated carbocycles. The van der Waals surface area contributed by atoms with E-state index in [9.17, 15) is 0 Å². The second-order valence-electron chi connectivity index (χ2n) is 2.50. The zero-order chi connectivity index (χ0) is 8.10. The van der Waals surface area contributed by atoms with Gasteiger partial charge >= 0.3 is 0 Å². The Labute approximate surface area is 66.2 Å². The molecular weight excluding hydrogens is 142 g/mol. The van der Waals surface area contributed by atoms with Crippen LogP contribution in [-0.2, 0) is 11.3 Å². The van der Waals surface area contributed by atoms with Crippen molar-refractivity contribution in [2.75, 3.05) is 7.11 Å². The third-order valence-electron chi connectivity index (χ3n) is 1.64. The Bertz CT molecular complexity index is 186. The highest BCUT2D eigenvalue weighted by atomic mass is 16.5. The van der Waals surface area contributed by atoms with Crippen molar-refractivity contribution in [2.45, 2.75) is 26.0 Å². The monoisotopic (exact) mass is 155 g/mol. The zero-order valence-electron chi connectivity index (χ0n) is 6.90. The molecule has 1 atom stereocenters. The van der Waals surface area contributed by atoms with Crippen molar-refractivity contribution >= 4 is 0 Å². The molecule has 0 bridgehead atoms. The van der Waals surface area contributed by atoms with E-state index in [1.807, 2.05) is 13.1 Å². The summed E-state index contributed by atoms with van der Waals surface area (Å²) >= 11 is 0. The summed E-state index contributed by atoms with van der Waals surface area (Å²) in [4.78, 5) is 0. The molecule has 1 aromatic rings. The number of ether oxygens (including phenoxy) is 1. The van der Waals surface area contributed by atoms with Crippen LogP contribution in [-0.4, -0.2) is 28.2 Å². The van der Waals surface area contributed by atoms with Crippen LogP contribution in [0, 0.1) is 0 Å². The molecule has 4 nitrogen and oxygen atoms in total. The van der Waals surface area contributed by atoms with Gasteiger partial charge in [-0.1, -0.05) is 5.21 Å². The van der Waals surface area contributed by atoms with E-state index in [2.05, 4.69) is 10.3 Å². The standard InChI is InChI=1S/C7H13N3O/c1-7(11-2)3-5-10-6-4-8-9-10/h4,6-7H,3,5H2,1-2H3. The van der Waals surface area contributed by atoms with Crippen molar-refractivity contribution in [1.82, 2.24) is 15.0 Å². The van der Waals surface area contributed by atoms with Crippen LogP contribution in [0.1, 0.15) is 13.3 Å². The van der Waals surface area contributed by atoms with E-state index in [0.717, 1.165) is 13.0 Å². The number of methoxy groups -OCH3 is 1. The first-order valence-corrected chi connectivity index (χ1v) is 3.70. The molecule has 0 radical (unpaired) electrons. The molecule has 0 N–H and O–H groups in total. The van der Waals surface area contributed by atoms with Crippen molar-refractivity contribution in [1.29, 1.82) is 0 Å². The van der Waals surface area contributed by atoms with Gasteiger partial charge in [0, 0.05) is 19.9 Å². The molecule has 0 aliphatic heterocycles. The van der Waals surface area contributed by atoms with E-state index in [-0.39, 0.29) is 0 Å². The SMILES string of the molecule is COC(C)CCn1ccnn1. The lowest BCUT2D eigenvalue weighted by atomic mass is 10.3. The van der Waals surface area contributed by atoms with Crippen LogP contribution in [0.15, 0.2) is 12.4 Å². The second kappa shape index (κ2) is 4.08. The molecule has 0 aliphatic rings. The smallest absolute Gasteiger partial charge is 0.0692 e. The summed E-state index contributed by atoms with van der Waals surface area (Å²) in [7, 11) is 1.71. The fourth-order valence-electron chi connectivity index (χ4n) is 0.784. The molecule has 0 fully saturated rings. The topological polar surface area (TPSA) is 39.9 Å². The van der Waals surface area contributed by atoms with Gasteiger partial charge < -0.3 is 4.74 Å². The molecule has 1 unspecified atom stereocenters. The number of hydrogen-bond donors (Lipinski definition) is 0. The number of hydrogen-bond acceptors (Lipinski definition) is 3. The van der Waals surface area contributed by atoms with Gasteiger partial charge in [-0.25, -0.2) is 0 Å². The summed E-state index contributed by atoms with van der Waals surface area (Å²) in [5, 5.41) is 7.53. The van der Waals surface area contributed by atoms with Gasteiger partial charge in [0.1, 0.15) is 0 Å². The Morgan fingerprint density at radius 2 is 2.45 bits per heavy atom. The maximum absolute atomic E-state index is 5.09. The minimum atomic E-state index is 0.291. The van der Waals surface area contributed by atoms with Gasteiger partial charge in [-0.15, -0.1) is 5.10 Å². The second-order valence-corrected chi connectivity index (χ2v) is 2.50. The highest BCUT2D eigenvalue weighted by Gasteiger charge is 1.99. The minimum absolute atomic E-state index is 0.291. The van der Waals surface area contributed by atoms with Crippen LogP contribution in [0.3, 0.4) is 0 Å². The third kappa shape index (κ3) is 2.67. The molecule has 0 spiro atoms. The third-order valence-corrected chi connectivity index (χ3v) is 1.64. The summed E-state index contributed by atoms with van der Waals surface area (Å²) in [5.41, 5.74) is 0. The van der Waals surface area contributed by atoms with Gasteiger partial charge in [0.2, 0.25) is 0 Å². The average molecular weight is 155 g/mol. The van der Waals surface area contributed by atoms with Crippen molar-refractivity contribution in [3.8, 4) is 0 Å². The van der Waals surface area contributed by atoms with E-state index in [1.165, 1.54) is 0 Å². The number of rotatable bonds is 4. The lowest BCUT2D eigenvalue weighted by molar-refractivity contribution is 0.106. The first-order chi connectivity index (χ1) is 5.33. The number of nitrogens with zero attached hydrogens (tertiary/aromatic N) is 3. The molecule has 62 valence electrons. The highest BCUT2D eigenvalue weighted by molar-refractivity contribution is 4.64. The van der Waals surface area contributed by atoms with Crippen LogP contribution in [0.25, 0.3) is 0 Å². The Morgan fingerprint density at radius 3 is 3.00 bits per heavy atom. The normalized spacial score (nSPS) is 13.3. The van der Waals surface area contributed by atoms with Crippen LogP contribution in [0.4, 0.5) is 0 Å². The Hall–Kier alpha value is -0.900. The molecule has 0 saturated heterocycles. The van der Waals surface area contributed by atoms with E-state index >= 15 is 0 Å². The molecule has 0 aliphatic carbocycles. The predicted molar refractivity (Wildman–Crippen MR) is 41.1 cm³/mol. The van der Waals surface area contributed by atoms with Crippen LogP contribution >= 0.6 is 0 Å². The fourth-order valence-corrected chi connectivity index (χ4v) is 0.784. The molecule has 4 heteroatoms. The van der Waals surface area contributed by atoms with Crippen LogP contribution in [0.2, 0.25) is 0 Å². The van der Waals surface area contributed by atoms with Crippen molar-refractivity contribution in [3.63, 3.8) is 0 Å². The van der Waals surface area contributed by atoms with E-state index in [4.69, 9.17) is 4.74 Å². The van der Waals surface area contributed by atoms with E-state index in [1.54, 1.807) is 18.0 Å². The number of aryl methyl sites for hydroxylation is 1. The molecule has 0 aromatic carbocycles. The van der Waals surface area contributed by atoms with Gasteiger partial charge in [-0.05, 0) is 13.3 Å². The summed E-state index contributed by atoms with van der Waals surface area (Å²) < 4.78 is 6.89. The van der Waals surface area contributed by atoms with Crippen molar-refractivity contribution in [2.24, 2.45) is 0 Å². The van der Waals surface area contributed by atoms with Gasteiger partial charge in [-0.2, -0.15) is 0 Å². The first-order valence-electron chi connectivity index (χ1n) is 3.70. The Balaban J connectivity index is 2.23. The number of aromatic nitrogens is 3. The molecular formula is C7H13N3O. The quantitative estimate of drug-likeness (QED) is 0.642. The maximum atomic E-state index is 5.09. The molecule has 1 heterocycles.